The van der Waals surface area contributed by atoms with Gasteiger partial charge in [0.25, 0.3) is 0 Å². The van der Waals surface area contributed by atoms with Crippen molar-refractivity contribution in [2.75, 3.05) is 7.11 Å². The number of amides is 1. The van der Waals surface area contributed by atoms with Crippen LogP contribution in [0, 0.1) is 5.92 Å². The molecular weight excluding hydrogens is 310 g/mol. The van der Waals surface area contributed by atoms with Gasteiger partial charge in [-0.25, -0.2) is 0 Å². The van der Waals surface area contributed by atoms with E-state index >= 15 is 0 Å². The van der Waals surface area contributed by atoms with Gasteiger partial charge in [-0.05, 0) is 48.4 Å². The lowest BCUT2D eigenvalue weighted by Crippen LogP contribution is -2.22. The van der Waals surface area contributed by atoms with Crippen molar-refractivity contribution >= 4 is 5.91 Å². The number of allylic oxidation sites excluding steroid dienone is 1. The maximum Gasteiger partial charge on any atom is 0.220 e. The molecule has 0 heterocycles. The van der Waals surface area contributed by atoms with Gasteiger partial charge in [0.2, 0.25) is 5.91 Å². The van der Waals surface area contributed by atoms with Gasteiger partial charge in [0, 0.05) is 13.0 Å². The lowest BCUT2D eigenvalue weighted by atomic mass is 9.94. The minimum atomic E-state index is 0.105. The molecule has 0 radical (unpaired) electrons. The molecule has 3 nitrogen and oxygen atoms in total. The molecule has 2 rings (SSSR count). The predicted octanol–water partition coefficient (Wildman–Crippen LogP) is 4.53. The van der Waals surface area contributed by atoms with Gasteiger partial charge in [-0.1, -0.05) is 48.5 Å². The van der Waals surface area contributed by atoms with E-state index in [1.807, 2.05) is 48.5 Å². The van der Waals surface area contributed by atoms with Gasteiger partial charge in [0.15, 0.2) is 0 Å². The van der Waals surface area contributed by atoms with Crippen molar-refractivity contribution < 1.29 is 9.53 Å². The first-order valence-corrected chi connectivity index (χ1v) is 8.77. The minimum Gasteiger partial charge on any atom is -0.497 e. The minimum absolute atomic E-state index is 0.105. The number of nitrogens with one attached hydrogen (secondary N) is 1. The summed E-state index contributed by atoms with van der Waals surface area (Å²) in [6.07, 6.45) is 5.28. The summed E-state index contributed by atoms with van der Waals surface area (Å²) < 4.78 is 5.27. The summed E-state index contributed by atoms with van der Waals surface area (Å²) in [5.41, 5.74) is 2.36. The summed E-state index contributed by atoms with van der Waals surface area (Å²) in [6.45, 7) is 4.53. The molecule has 0 fully saturated rings. The van der Waals surface area contributed by atoms with E-state index in [2.05, 4.69) is 24.0 Å². The van der Waals surface area contributed by atoms with Crippen LogP contribution in [0.2, 0.25) is 0 Å². The summed E-state index contributed by atoms with van der Waals surface area (Å²) >= 11 is 0. The Morgan fingerprint density at radius 1 is 1.16 bits per heavy atom. The van der Waals surface area contributed by atoms with Gasteiger partial charge in [-0.15, -0.1) is 6.58 Å². The Morgan fingerprint density at radius 2 is 1.92 bits per heavy atom. The molecule has 0 bridgehead atoms. The van der Waals surface area contributed by atoms with Crippen LogP contribution in [0.25, 0.3) is 0 Å². The molecule has 0 aliphatic rings. The molecule has 25 heavy (non-hydrogen) atoms. The number of carbonyl (C=O) groups is 1. The van der Waals surface area contributed by atoms with Crippen LogP contribution in [0.3, 0.4) is 0 Å². The smallest absolute Gasteiger partial charge is 0.220 e. The van der Waals surface area contributed by atoms with Crippen LogP contribution in [-0.4, -0.2) is 13.0 Å². The third-order valence-corrected chi connectivity index (χ3v) is 4.28. The predicted molar refractivity (Wildman–Crippen MR) is 103 cm³/mol. The summed E-state index contributed by atoms with van der Waals surface area (Å²) in [5, 5.41) is 2.97. The molecule has 0 aliphatic heterocycles. The molecular formula is C22H27NO2. The third-order valence-electron chi connectivity index (χ3n) is 4.28. The highest BCUT2D eigenvalue weighted by molar-refractivity contribution is 5.75. The summed E-state index contributed by atoms with van der Waals surface area (Å²) in [5.74, 6) is 1.35. The van der Waals surface area contributed by atoms with Crippen LogP contribution in [0.15, 0.2) is 67.3 Å². The standard InChI is InChI=1S/C22H27NO2/c1-3-18(15-20-12-7-13-21(16-20)25-2)11-8-14-22(24)23-17-19-9-5-4-6-10-19/h3-7,9-10,12-13,16,18H,1,8,11,14-15,17H2,2H3,(H,23,24). The number of hydrogen-bond acceptors (Lipinski definition) is 2. The molecule has 1 unspecified atom stereocenters. The monoisotopic (exact) mass is 337 g/mol. The second kappa shape index (κ2) is 10.3. The quantitative estimate of drug-likeness (QED) is 0.647. The van der Waals surface area contributed by atoms with E-state index in [9.17, 15) is 4.79 Å². The number of ether oxygens (including phenoxy) is 1. The highest BCUT2D eigenvalue weighted by Crippen LogP contribution is 2.20. The van der Waals surface area contributed by atoms with Gasteiger partial charge >= 0.3 is 0 Å². The van der Waals surface area contributed by atoms with Gasteiger partial charge in [-0.2, -0.15) is 0 Å². The zero-order valence-electron chi connectivity index (χ0n) is 14.9. The molecule has 0 spiro atoms. The molecule has 2 aromatic carbocycles. The maximum atomic E-state index is 12.0. The van der Waals surface area contributed by atoms with Gasteiger partial charge in [-0.3, -0.25) is 4.79 Å². The normalized spacial score (nSPS) is 11.6. The highest BCUT2D eigenvalue weighted by Gasteiger charge is 2.08. The van der Waals surface area contributed by atoms with E-state index in [-0.39, 0.29) is 5.91 Å². The number of rotatable bonds is 10. The van der Waals surface area contributed by atoms with Crippen molar-refractivity contribution in [3.8, 4) is 5.75 Å². The van der Waals surface area contributed by atoms with Crippen molar-refractivity contribution in [2.24, 2.45) is 5.92 Å². The molecule has 0 saturated heterocycles. The second-order valence-corrected chi connectivity index (χ2v) is 6.21. The maximum absolute atomic E-state index is 12.0. The van der Waals surface area contributed by atoms with Crippen molar-refractivity contribution in [3.63, 3.8) is 0 Å². The molecule has 0 saturated carbocycles. The Balaban J connectivity index is 1.71. The zero-order valence-corrected chi connectivity index (χ0v) is 14.9. The van der Waals surface area contributed by atoms with E-state index in [4.69, 9.17) is 4.74 Å². The Bertz CT molecular complexity index is 667. The van der Waals surface area contributed by atoms with Crippen molar-refractivity contribution in [1.29, 1.82) is 0 Å². The molecule has 3 heteroatoms. The Kier molecular flexibility index (Phi) is 7.77. The van der Waals surface area contributed by atoms with E-state index in [0.29, 0.717) is 18.9 Å². The topological polar surface area (TPSA) is 38.3 Å². The van der Waals surface area contributed by atoms with E-state index < -0.39 is 0 Å². The summed E-state index contributed by atoms with van der Waals surface area (Å²) in [6, 6.07) is 18.1. The van der Waals surface area contributed by atoms with Crippen LogP contribution >= 0.6 is 0 Å². The molecule has 1 N–H and O–H groups in total. The Hall–Kier alpha value is -2.55. The Labute approximate surface area is 150 Å². The van der Waals surface area contributed by atoms with Crippen LogP contribution < -0.4 is 10.1 Å². The van der Waals surface area contributed by atoms with Crippen LogP contribution in [0.4, 0.5) is 0 Å². The summed E-state index contributed by atoms with van der Waals surface area (Å²) in [4.78, 5) is 12.0. The van der Waals surface area contributed by atoms with Gasteiger partial charge in [0.1, 0.15) is 5.75 Å². The fourth-order valence-electron chi connectivity index (χ4n) is 2.82. The van der Waals surface area contributed by atoms with Gasteiger partial charge in [0.05, 0.1) is 7.11 Å². The molecule has 1 amide bonds. The van der Waals surface area contributed by atoms with Crippen LogP contribution in [0.5, 0.6) is 5.75 Å². The number of methoxy groups -OCH3 is 1. The molecule has 1 atom stereocenters. The number of carbonyl (C=O) groups excluding carboxylic acids is 1. The Morgan fingerprint density at radius 3 is 2.64 bits per heavy atom. The largest absolute Gasteiger partial charge is 0.497 e. The van der Waals surface area contributed by atoms with Crippen molar-refractivity contribution in [3.05, 3.63) is 78.4 Å². The lowest BCUT2D eigenvalue weighted by Gasteiger charge is -2.13. The van der Waals surface area contributed by atoms with Crippen molar-refractivity contribution in [2.45, 2.75) is 32.2 Å². The fraction of sp³-hybridized carbons (Fsp3) is 0.318. The average Bonchev–Trinajstić information content (AvgIpc) is 2.66. The molecule has 0 aromatic heterocycles. The average molecular weight is 337 g/mol. The molecule has 132 valence electrons. The first-order valence-electron chi connectivity index (χ1n) is 8.77. The first kappa shape index (κ1) is 18.8. The zero-order chi connectivity index (χ0) is 17.9. The van der Waals surface area contributed by atoms with E-state index in [0.717, 1.165) is 30.6 Å². The van der Waals surface area contributed by atoms with Crippen molar-refractivity contribution in [1.82, 2.24) is 5.32 Å². The fourth-order valence-corrected chi connectivity index (χ4v) is 2.82. The number of hydrogen-bond donors (Lipinski definition) is 1. The SMILES string of the molecule is C=CC(CCCC(=O)NCc1ccccc1)Cc1cccc(OC)c1. The van der Waals surface area contributed by atoms with Crippen LogP contribution in [-0.2, 0) is 17.8 Å². The van der Waals surface area contributed by atoms with Crippen LogP contribution in [0.1, 0.15) is 30.4 Å². The van der Waals surface area contributed by atoms with E-state index in [1.165, 1.54) is 5.56 Å². The third kappa shape index (κ3) is 6.84. The number of benzene rings is 2. The van der Waals surface area contributed by atoms with E-state index in [1.54, 1.807) is 7.11 Å². The second-order valence-electron chi connectivity index (χ2n) is 6.21. The highest BCUT2D eigenvalue weighted by atomic mass is 16.5. The lowest BCUT2D eigenvalue weighted by molar-refractivity contribution is -0.121. The van der Waals surface area contributed by atoms with Gasteiger partial charge < -0.3 is 10.1 Å². The summed E-state index contributed by atoms with van der Waals surface area (Å²) in [7, 11) is 1.68. The first-order chi connectivity index (χ1) is 12.2. The molecule has 0 aliphatic carbocycles. The molecule has 2 aromatic rings.